The number of piperidine rings is 1. The molecule has 2 amide bonds. The third-order valence-electron chi connectivity index (χ3n) is 7.70. The first-order valence-electron chi connectivity index (χ1n) is 13.4. The van der Waals surface area contributed by atoms with Crippen molar-refractivity contribution in [2.24, 2.45) is 5.92 Å². The van der Waals surface area contributed by atoms with E-state index in [2.05, 4.69) is 16.4 Å². The Morgan fingerprint density at radius 2 is 1.93 bits per heavy atom. The molecule has 1 unspecified atom stereocenters. The number of para-hydroxylation sites is 1. The highest BCUT2D eigenvalue weighted by Crippen LogP contribution is 2.43. The van der Waals surface area contributed by atoms with Gasteiger partial charge in [-0.25, -0.2) is 9.59 Å². The second-order valence-corrected chi connectivity index (χ2v) is 11.5. The lowest BCUT2D eigenvalue weighted by atomic mass is 9.96. The number of aromatic amines is 1. The Morgan fingerprint density at radius 1 is 1.15 bits per heavy atom. The van der Waals surface area contributed by atoms with Gasteiger partial charge in [-0.05, 0) is 69.0 Å². The molecule has 2 N–H and O–H groups in total. The normalized spacial score (nSPS) is 20.8. The van der Waals surface area contributed by atoms with Gasteiger partial charge in [-0.1, -0.05) is 24.3 Å². The standard InChI is InChI=1S/C30H32N4O6/c1-30(2,3)40-29(38)34-19-10-9-17(14-19)25(34)27(36)32-18(15-31)12-16-8-11-20-21-6-5-7-22(28(37)39-4)24(21)33-26(35)23(20)13-16/h5-8,11,13,17-19,25H,9-10,12,14H2,1-4H3,(H,32,36)(H,33,35)/t17-,18?,19+,25-/m0/s1. The number of amides is 2. The molecular weight excluding hydrogens is 512 g/mol. The summed E-state index contributed by atoms with van der Waals surface area (Å²) in [5.74, 6) is -0.894. The van der Waals surface area contributed by atoms with Gasteiger partial charge in [0.1, 0.15) is 17.7 Å². The number of nitrogens with one attached hydrogen (secondary N) is 2. The highest BCUT2D eigenvalue weighted by Gasteiger charge is 2.52. The van der Waals surface area contributed by atoms with Gasteiger partial charge in [0.05, 0.1) is 24.3 Å². The van der Waals surface area contributed by atoms with Crippen LogP contribution in [0.3, 0.4) is 0 Å². The van der Waals surface area contributed by atoms with E-state index in [0.717, 1.165) is 19.3 Å². The van der Waals surface area contributed by atoms with Crippen molar-refractivity contribution in [1.29, 1.82) is 5.26 Å². The van der Waals surface area contributed by atoms with Gasteiger partial charge in [-0.3, -0.25) is 14.5 Å². The molecule has 208 valence electrons. The van der Waals surface area contributed by atoms with E-state index in [0.29, 0.717) is 27.2 Å². The van der Waals surface area contributed by atoms with E-state index in [4.69, 9.17) is 9.47 Å². The predicted octanol–water partition coefficient (Wildman–Crippen LogP) is 3.81. The molecule has 0 spiro atoms. The van der Waals surface area contributed by atoms with Crippen LogP contribution in [0.25, 0.3) is 21.7 Å². The van der Waals surface area contributed by atoms with Crippen molar-refractivity contribution < 1.29 is 23.9 Å². The Balaban J connectivity index is 1.37. The first kappa shape index (κ1) is 27.2. The number of carbonyl (C=O) groups is 3. The summed E-state index contributed by atoms with van der Waals surface area (Å²) in [5, 5.41) is 14.4. The second-order valence-electron chi connectivity index (χ2n) is 11.5. The predicted molar refractivity (Wildman–Crippen MR) is 148 cm³/mol. The number of methoxy groups -OCH3 is 1. The first-order valence-corrected chi connectivity index (χ1v) is 13.4. The zero-order valence-electron chi connectivity index (χ0n) is 22.9. The number of nitriles is 1. The fourth-order valence-electron chi connectivity index (χ4n) is 6.04. The van der Waals surface area contributed by atoms with Crippen molar-refractivity contribution in [2.75, 3.05) is 7.11 Å². The van der Waals surface area contributed by atoms with E-state index in [9.17, 15) is 24.4 Å². The van der Waals surface area contributed by atoms with Gasteiger partial charge in [-0.15, -0.1) is 0 Å². The molecular formula is C30H32N4O6. The van der Waals surface area contributed by atoms with E-state index in [-0.39, 0.29) is 35.4 Å². The molecule has 40 heavy (non-hydrogen) atoms. The monoisotopic (exact) mass is 544 g/mol. The number of hydrogen-bond acceptors (Lipinski definition) is 7. The summed E-state index contributed by atoms with van der Waals surface area (Å²) in [4.78, 5) is 55.9. The van der Waals surface area contributed by atoms with Crippen LogP contribution < -0.4 is 10.9 Å². The number of H-pyrrole nitrogens is 1. The summed E-state index contributed by atoms with van der Waals surface area (Å²) in [6.07, 6.45) is 2.08. The van der Waals surface area contributed by atoms with Gasteiger partial charge in [-0.2, -0.15) is 5.26 Å². The van der Waals surface area contributed by atoms with Crippen LogP contribution in [0.5, 0.6) is 0 Å². The Labute approximate surface area is 231 Å². The maximum Gasteiger partial charge on any atom is 0.411 e. The van der Waals surface area contributed by atoms with Gasteiger partial charge in [0.15, 0.2) is 0 Å². The number of hydrogen-bond donors (Lipinski definition) is 2. The van der Waals surface area contributed by atoms with Crippen LogP contribution in [0.1, 0.15) is 56.0 Å². The van der Waals surface area contributed by atoms with E-state index in [1.54, 1.807) is 56.0 Å². The molecule has 2 bridgehead atoms. The number of carbonyl (C=O) groups excluding carboxylic acids is 3. The first-order chi connectivity index (χ1) is 19.0. The number of rotatable bonds is 5. The Kier molecular flexibility index (Phi) is 7.00. The van der Waals surface area contributed by atoms with Gasteiger partial charge < -0.3 is 19.8 Å². The molecule has 2 heterocycles. The van der Waals surface area contributed by atoms with Crippen LogP contribution in [-0.4, -0.2) is 58.7 Å². The van der Waals surface area contributed by atoms with Gasteiger partial charge >= 0.3 is 12.1 Å². The zero-order valence-corrected chi connectivity index (χ0v) is 22.9. The lowest BCUT2D eigenvalue weighted by Crippen LogP contribution is -2.55. The number of benzene rings is 2. The topological polar surface area (TPSA) is 142 Å². The number of nitrogens with zero attached hydrogens (tertiary/aromatic N) is 2. The fourth-order valence-corrected chi connectivity index (χ4v) is 6.04. The van der Waals surface area contributed by atoms with Crippen LogP contribution in [0.2, 0.25) is 0 Å². The van der Waals surface area contributed by atoms with Crippen molar-refractivity contribution in [1.82, 2.24) is 15.2 Å². The number of ether oxygens (including phenoxy) is 2. The van der Waals surface area contributed by atoms with Crippen LogP contribution in [0, 0.1) is 17.2 Å². The Morgan fingerprint density at radius 3 is 2.62 bits per heavy atom. The average Bonchev–Trinajstić information content (AvgIpc) is 3.53. The summed E-state index contributed by atoms with van der Waals surface area (Å²) in [5.41, 5.74) is 0.270. The average molecular weight is 545 g/mol. The fraction of sp³-hybridized carbons (Fsp3) is 0.433. The van der Waals surface area contributed by atoms with Gasteiger partial charge in [0.25, 0.3) is 5.56 Å². The number of likely N-dealkylation sites (tertiary alicyclic amines) is 1. The van der Waals surface area contributed by atoms with Crippen molar-refractivity contribution in [3.05, 3.63) is 57.9 Å². The highest BCUT2D eigenvalue weighted by molar-refractivity contribution is 6.12. The summed E-state index contributed by atoms with van der Waals surface area (Å²) in [6, 6.07) is 10.9. The highest BCUT2D eigenvalue weighted by atomic mass is 16.6. The molecule has 1 aliphatic carbocycles. The summed E-state index contributed by atoms with van der Waals surface area (Å²) >= 11 is 0. The van der Waals surface area contributed by atoms with Gasteiger partial charge in [0.2, 0.25) is 5.91 Å². The molecule has 2 aromatic carbocycles. The minimum absolute atomic E-state index is 0.0271. The van der Waals surface area contributed by atoms with Crippen LogP contribution in [0.15, 0.2) is 41.2 Å². The minimum Gasteiger partial charge on any atom is -0.465 e. The molecule has 1 saturated heterocycles. The minimum atomic E-state index is -0.866. The Bertz CT molecular complexity index is 1610. The van der Waals surface area contributed by atoms with E-state index < -0.39 is 29.7 Å². The molecule has 0 radical (unpaired) electrons. The molecule has 1 aromatic heterocycles. The van der Waals surface area contributed by atoms with Crippen LogP contribution in [-0.2, 0) is 20.7 Å². The largest absolute Gasteiger partial charge is 0.465 e. The molecule has 2 aliphatic rings. The summed E-state index contributed by atoms with van der Waals surface area (Å²) < 4.78 is 10.4. The molecule has 1 aliphatic heterocycles. The van der Waals surface area contributed by atoms with E-state index in [1.807, 2.05) is 6.07 Å². The third kappa shape index (κ3) is 4.99. The van der Waals surface area contributed by atoms with E-state index >= 15 is 0 Å². The summed E-state index contributed by atoms with van der Waals surface area (Å²) in [6.45, 7) is 5.36. The van der Waals surface area contributed by atoms with Crippen molar-refractivity contribution in [2.45, 2.75) is 70.2 Å². The number of pyridine rings is 1. The van der Waals surface area contributed by atoms with Crippen LogP contribution in [0.4, 0.5) is 4.79 Å². The lowest BCUT2D eigenvalue weighted by Gasteiger charge is -2.35. The SMILES string of the molecule is COC(=O)c1cccc2c1[nH]c(=O)c1cc(CC(C#N)NC(=O)[C@@H]3[C@H]4CC[C@H](C4)N3C(=O)OC(C)(C)C)ccc12. The molecule has 10 heteroatoms. The Hall–Kier alpha value is -4.39. The van der Waals surface area contributed by atoms with Crippen molar-refractivity contribution in [3.63, 3.8) is 0 Å². The maximum absolute atomic E-state index is 13.4. The lowest BCUT2D eigenvalue weighted by molar-refractivity contribution is -0.128. The molecule has 2 fully saturated rings. The quantitative estimate of drug-likeness (QED) is 0.367. The molecule has 1 saturated carbocycles. The van der Waals surface area contributed by atoms with Gasteiger partial charge in [0, 0.05) is 23.2 Å². The summed E-state index contributed by atoms with van der Waals surface area (Å²) in [7, 11) is 1.28. The number of fused-ring (bicyclic) bond motifs is 5. The van der Waals surface area contributed by atoms with E-state index in [1.165, 1.54) is 7.11 Å². The second kappa shape index (κ2) is 10.3. The van der Waals surface area contributed by atoms with Crippen molar-refractivity contribution >= 4 is 39.6 Å². The maximum atomic E-state index is 13.4. The molecule has 5 rings (SSSR count). The number of aromatic nitrogens is 1. The third-order valence-corrected chi connectivity index (χ3v) is 7.70. The number of esters is 1. The smallest absolute Gasteiger partial charge is 0.411 e. The molecule has 10 nitrogen and oxygen atoms in total. The zero-order chi connectivity index (χ0) is 28.8. The molecule has 4 atom stereocenters. The van der Waals surface area contributed by atoms with Crippen LogP contribution >= 0.6 is 0 Å². The molecule has 3 aromatic rings. The van der Waals surface area contributed by atoms with Crippen molar-refractivity contribution in [3.8, 4) is 6.07 Å².